The van der Waals surface area contributed by atoms with Crippen LogP contribution in [0, 0.1) is 0 Å². The molecule has 0 aliphatic carbocycles. The Morgan fingerprint density at radius 1 is 0.478 bits per heavy atom. The molecule has 2 aromatic rings. The van der Waals surface area contributed by atoms with E-state index in [0.29, 0.717) is 0 Å². The molecule has 0 aliphatic heterocycles. The second kappa shape index (κ2) is 29.2. The normalized spacial score (nSPS) is 12.1. The van der Waals surface area contributed by atoms with E-state index in [1.165, 1.54) is 109 Å². The summed E-state index contributed by atoms with van der Waals surface area (Å²) >= 11 is -3.28. The Bertz CT molecular complexity index is 919. The maximum absolute atomic E-state index is 13.0. The summed E-state index contributed by atoms with van der Waals surface area (Å²) in [6.07, 6.45) is 25.5. The third kappa shape index (κ3) is 22.8. The molecule has 2 atom stereocenters. The van der Waals surface area contributed by atoms with Crippen LogP contribution in [0.15, 0.2) is 60.7 Å². The Labute approximate surface area is 306 Å². The van der Waals surface area contributed by atoms with Crippen molar-refractivity contribution in [2.24, 2.45) is 0 Å². The fourth-order valence-corrected chi connectivity index (χ4v) is 20.5. The third-order valence-corrected chi connectivity index (χ3v) is 24.3. The first-order valence-electron chi connectivity index (χ1n) is 19.1. The van der Waals surface area contributed by atoms with E-state index < -0.39 is 49.1 Å². The number of esters is 2. The second-order valence-corrected chi connectivity index (χ2v) is 29.9. The zero-order chi connectivity index (χ0) is 32.9. The van der Waals surface area contributed by atoms with Crippen LogP contribution in [0.5, 0.6) is 0 Å². The molecule has 0 heterocycles. The van der Waals surface area contributed by atoms with E-state index in [2.05, 4.69) is 74.5 Å². The molecular weight excluding hydrogens is 946 g/mol. The molecule has 4 nitrogen and oxygen atoms in total. The van der Waals surface area contributed by atoms with Gasteiger partial charge >= 0.3 is 309 Å². The number of hydrogen-bond acceptors (Lipinski definition) is 4. The van der Waals surface area contributed by atoms with E-state index >= 15 is 0 Å². The van der Waals surface area contributed by atoms with Crippen molar-refractivity contribution in [1.29, 1.82) is 0 Å². The maximum atomic E-state index is 13.0. The van der Waals surface area contributed by atoms with E-state index in [0.717, 1.165) is 25.7 Å². The van der Waals surface area contributed by atoms with Crippen molar-refractivity contribution in [3.63, 3.8) is 0 Å². The first kappa shape index (κ1) is 41.4. The topological polar surface area (TPSA) is 52.6 Å². The van der Waals surface area contributed by atoms with Crippen molar-refractivity contribution >= 4 is 18.1 Å². The first-order chi connectivity index (χ1) is 22.6. The van der Waals surface area contributed by atoms with Gasteiger partial charge in [0.05, 0.1) is 0 Å². The fourth-order valence-electron chi connectivity index (χ4n) is 6.22. The molecule has 2 aromatic carbocycles. The number of hydrogen-bond donors (Lipinski definition) is 0. The van der Waals surface area contributed by atoms with Crippen LogP contribution in [0.1, 0.15) is 155 Å². The predicted octanol–water partition coefficient (Wildman–Crippen LogP) is 10.2. The average molecular weight is 1010 g/mol. The van der Waals surface area contributed by atoms with Gasteiger partial charge in [0.25, 0.3) is 0 Å². The van der Waals surface area contributed by atoms with Crippen LogP contribution < -0.4 is 6.14 Å². The van der Waals surface area contributed by atoms with E-state index in [1.807, 2.05) is 0 Å². The van der Waals surface area contributed by atoms with Gasteiger partial charge in [0.1, 0.15) is 0 Å². The van der Waals surface area contributed by atoms with Crippen molar-refractivity contribution in [2.75, 3.05) is 0 Å². The summed E-state index contributed by atoms with van der Waals surface area (Å²) in [6.45, 7) is 4.53. The number of carbonyl (C=O) groups is 2. The number of benzene rings is 2. The van der Waals surface area contributed by atoms with E-state index in [4.69, 9.17) is 9.47 Å². The van der Waals surface area contributed by atoms with E-state index in [1.54, 1.807) is 0 Å². The zero-order valence-corrected chi connectivity index (χ0v) is 40.5. The number of rotatable bonds is 29. The predicted molar refractivity (Wildman–Crippen MR) is 185 cm³/mol. The third-order valence-electron chi connectivity index (χ3n) is 9.00. The second-order valence-electron chi connectivity index (χ2n) is 13.3. The molecule has 0 aromatic heterocycles. The average Bonchev–Trinajstić information content (AvgIpc) is 3.06. The van der Waals surface area contributed by atoms with Gasteiger partial charge in [-0.2, -0.15) is 0 Å². The van der Waals surface area contributed by atoms with Crippen LogP contribution in [0.3, 0.4) is 0 Å². The van der Waals surface area contributed by atoms with Gasteiger partial charge in [0.15, 0.2) is 0 Å². The Morgan fingerprint density at radius 2 is 0.783 bits per heavy atom. The molecule has 46 heavy (non-hydrogen) atoms. The number of carbonyl (C=O) groups excluding carboxylic acids is 2. The van der Waals surface area contributed by atoms with Crippen LogP contribution in [-0.2, 0) is 68.2 Å². The molecule has 0 radical (unpaired) electrons. The first-order valence-corrected chi connectivity index (χ1v) is 30.9. The Balaban J connectivity index is 1.76. The summed E-state index contributed by atoms with van der Waals surface area (Å²) in [6, 6.07) is 21.3. The van der Waals surface area contributed by atoms with Crippen LogP contribution in [0.25, 0.3) is 0 Å². The van der Waals surface area contributed by atoms with Gasteiger partial charge in [-0.25, -0.2) is 0 Å². The summed E-state index contributed by atoms with van der Waals surface area (Å²) in [5.74, 6) is -0.450. The van der Waals surface area contributed by atoms with Crippen LogP contribution in [0.4, 0.5) is 0 Å². The summed E-state index contributed by atoms with van der Waals surface area (Å²) < 4.78 is 15.1. The van der Waals surface area contributed by atoms with Gasteiger partial charge in [-0.1, -0.05) is 0 Å². The van der Waals surface area contributed by atoms with Crippen molar-refractivity contribution in [1.82, 2.24) is 0 Å². The van der Waals surface area contributed by atoms with Gasteiger partial charge in [-0.3, -0.25) is 0 Å². The minimum atomic E-state index is -1.64. The molecule has 0 saturated carbocycles. The number of ether oxygens (including phenoxy) is 2. The molecule has 0 N–H and O–H groups in total. The van der Waals surface area contributed by atoms with Gasteiger partial charge in [-0.15, -0.1) is 0 Å². The fraction of sp³-hybridized carbons (Fsp3) is 0.650. The minimum absolute atomic E-state index is 0.0739. The van der Waals surface area contributed by atoms with Crippen LogP contribution >= 0.6 is 0 Å². The monoisotopic (exact) mass is 1010 g/mol. The van der Waals surface area contributed by atoms with Crippen molar-refractivity contribution < 1.29 is 68.2 Å². The molecule has 2 rings (SSSR count). The quantitative estimate of drug-likeness (QED) is 0.0463. The van der Waals surface area contributed by atoms with Crippen molar-refractivity contribution in [3.8, 4) is 0 Å². The molecule has 0 bridgehead atoms. The van der Waals surface area contributed by atoms with Crippen molar-refractivity contribution in [2.45, 2.75) is 162 Å². The standard InChI is InChI=1S/C28H52O4.2C6H5.2Hg/c1-3-5-7-9-11-13-15-17-19-21-25-31-27(29)23-24-28(30)32-26-22-20-18-16-14-12-10-8-6-4-2;2*1-2-4-6-5-3-1;;/h25-26H,3-24H2,1-2H3;2*1-5H;;. The summed E-state index contributed by atoms with van der Waals surface area (Å²) in [7, 11) is 0. The summed E-state index contributed by atoms with van der Waals surface area (Å²) in [5, 5.41) is 0. The van der Waals surface area contributed by atoms with Gasteiger partial charge in [-0.05, 0) is 0 Å². The number of unbranched alkanes of at least 4 members (excludes halogenated alkanes) is 16. The van der Waals surface area contributed by atoms with E-state index in [9.17, 15) is 9.59 Å². The molecule has 0 fully saturated rings. The molecule has 6 heteroatoms. The van der Waals surface area contributed by atoms with Gasteiger partial charge < -0.3 is 0 Å². The SMILES string of the molecule is CCCCCCCCCCC[CH](OC(=O)CCC(=O)O[CH](CCCCCCCCCCC)[Hg][c]1ccccc1)[Hg][c]1ccccc1. The molecule has 0 amide bonds. The van der Waals surface area contributed by atoms with Gasteiger partial charge in [0.2, 0.25) is 0 Å². The van der Waals surface area contributed by atoms with E-state index in [-0.39, 0.29) is 32.0 Å². The van der Waals surface area contributed by atoms with Crippen LogP contribution in [0.2, 0.25) is 0 Å². The summed E-state index contributed by atoms with van der Waals surface area (Å²) in [5.41, 5.74) is 0. The molecule has 250 valence electrons. The Kier molecular flexibility index (Phi) is 26.3. The molecular formula is C40H62Hg2O4. The molecule has 0 aliphatic rings. The summed E-state index contributed by atoms with van der Waals surface area (Å²) in [4.78, 5) is 25.9. The molecule has 0 saturated heterocycles. The Hall–Kier alpha value is -0.750. The molecule has 2 unspecified atom stereocenters. The Morgan fingerprint density at radius 3 is 1.11 bits per heavy atom. The van der Waals surface area contributed by atoms with Crippen LogP contribution in [-0.4, -0.2) is 19.2 Å². The van der Waals surface area contributed by atoms with Crippen molar-refractivity contribution in [3.05, 3.63) is 60.7 Å². The zero-order valence-electron chi connectivity index (χ0n) is 29.5. The van der Waals surface area contributed by atoms with Gasteiger partial charge in [0, 0.05) is 0 Å². The molecule has 0 spiro atoms.